The van der Waals surface area contributed by atoms with Gasteiger partial charge in [-0.2, -0.15) is 5.01 Å². The Hall–Kier alpha value is -1.39. The number of hydrogen-bond acceptors (Lipinski definition) is 3. The Morgan fingerprint density at radius 2 is 1.82 bits per heavy atom. The fourth-order valence-corrected chi connectivity index (χ4v) is 2.06. The molecule has 1 N–H and O–H groups in total. The van der Waals surface area contributed by atoms with Crippen LogP contribution in [0.5, 0.6) is 0 Å². The number of hydrogen-bond donors (Lipinski definition) is 1. The summed E-state index contributed by atoms with van der Waals surface area (Å²) in [6, 6.07) is 0. The molecule has 1 aliphatic heterocycles. The van der Waals surface area contributed by atoms with E-state index in [-0.39, 0.29) is 11.8 Å². The third kappa shape index (κ3) is 2.18. The third-order valence-electron chi connectivity index (χ3n) is 3.46. The van der Waals surface area contributed by atoms with Crippen molar-refractivity contribution >= 4 is 17.7 Å². The molecule has 0 radical (unpaired) electrons. The number of imide groups is 1. The second-order valence-corrected chi connectivity index (χ2v) is 4.37. The first kappa shape index (κ1) is 13.7. The van der Waals surface area contributed by atoms with E-state index in [1.807, 2.05) is 6.92 Å². The minimum absolute atomic E-state index is 0.298. The van der Waals surface area contributed by atoms with Gasteiger partial charge in [-0.05, 0) is 19.3 Å². The van der Waals surface area contributed by atoms with Gasteiger partial charge in [0.2, 0.25) is 5.91 Å². The summed E-state index contributed by atoms with van der Waals surface area (Å²) in [4.78, 5) is 35.7. The molecule has 1 aliphatic rings. The lowest BCUT2D eigenvalue weighted by Crippen LogP contribution is -2.41. The summed E-state index contributed by atoms with van der Waals surface area (Å²) in [5.41, 5.74) is 1.36. The summed E-state index contributed by atoms with van der Waals surface area (Å²) in [7, 11) is 0. The first-order valence-corrected chi connectivity index (χ1v) is 6.22. The Morgan fingerprint density at radius 3 is 2.24 bits per heavy atom. The highest BCUT2D eigenvalue weighted by molar-refractivity contribution is 6.15. The molecular weight excluding hydrogens is 220 g/mol. The summed E-state index contributed by atoms with van der Waals surface area (Å²) < 4.78 is 0. The molecular formula is C12H20N2O3. The van der Waals surface area contributed by atoms with E-state index < -0.39 is 11.3 Å². The first-order valence-electron chi connectivity index (χ1n) is 6.22. The maximum Gasteiger partial charge on any atom is 0.263 e. The van der Waals surface area contributed by atoms with Gasteiger partial charge in [0.15, 0.2) is 0 Å². The fourth-order valence-electron chi connectivity index (χ4n) is 2.06. The summed E-state index contributed by atoms with van der Waals surface area (Å²) in [5.74, 6) is -1.06. The van der Waals surface area contributed by atoms with Crippen molar-refractivity contribution in [1.82, 2.24) is 10.4 Å². The zero-order chi connectivity index (χ0) is 13.1. The normalized spacial score (nSPS) is 18.4. The molecule has 1 fully saturated rings. The van der Waals surface area contributed by atoms with Gasteiger partial charge in [-0.1, -0.05) is 27.2 Å². The lowest BCUT2D eigenvalue weighted by atomic mass is 9.82. The van der Waals surface area contributed by atoms with Gasteiger partial charge >= 0.3 is 0 Å². The van der Waals surface area contributed by atoms with Crippen LogP contribution in [-0.2, 0) is 14.4 Å². The molecule has 0 spiro atoms. The Bertz CT molecular complexity index is 335. The molecule has 0 bridgehead atoms. The fraction of sp³-hybridized carbons (Fsp3) is 0.750. The Kier molecular flexibility index (Phi) is 4.26. The van der Waals surface area contributed by atoms with Crippen LogP contribution < -0.4 is 5.43 Å². The van der Waals surface area contributed by atoms with Crippen LogP contribution in [0.1, 0.15) is 52.9 Å². The molecule has 1 heterocycles. The van der Waals surface area contributed by atoms with Crippen molar-refractivity contribution in [3.63, 3.8) is 0 Å². The van der Waals surface area contributed by atoms with Crippen molar-refractivity contribution in [2.75, 3.05) is 0 Å². The van der Waals surface area contributed by atoms with E-state index in [2.05, 4.69) is 5.43 Å². The van der Waals surface area contributed by atoms with Crippen LogP contribution in [0, 0.1) is 5.41 Å². The molecule has 0 aliphatic carbocycles. The van der Waals surface area contributed by atoms with E-state index in [1.54, 1.807) is 13.8 Å². The van der Waals surface area contributed by atoms with Crippen molar-refractivity contribution in [2.24, 2.45) is 5.41 Å². The van der Waals surface area contributed by atoms with Gasteiger partial charge in [-0.3, -0.25) is 19.8 Å². The maximum atomic E-state index is 12.1. The predicted molar refractivity (Wildman–Crippen MR) is 62.5 cm³/mol. The molecule has 5 nitrogen and oxygen atoms in total. The standard InChI is InChI=1S/C12H20N2O3/c1-4-7-8-9(15)14-11(17)12(5-2,6-3)10(16)13-14/h4-8H2,1-3H3,(H,13,16). The maximum absolute atomic E-state index is 12.1. The SMILES string of the molecule is CCCCC(=O)N1NC(=O)C(CC)(CC)C1=O. The van der Waals surface area contributed by atoms with Crippen LogP contribution in [0.15, 0.2) is 0 Å². The van der Waals surface area contributed by atoms with Crippen molar-refractivity contribution < 1.29 is 14.4 Å². The first-order chi connectivity index (χ1) is 8.03. The van der Waals surface area contributed by atoms with Gasteiger partial charge in [-0.15, -0.1) is 0 Å². The second-order valence-electron chi connectivity index (χ2n) is 4.37. The molecule has 1 rings (SSSR count). The van der Waals surface area contributed by atoms with Gasteiger partial charge in [0.1, 0.15) is 5.41 Å². The molecule has 17 heavy (non-hydrogen) atoms. The number of nitrogens with zero attached hydrogens (tertiary/aromatic N) is 1. The molecule has 3 amide bonds. The van der Waals surface area contributed by atoms with E-state index in [4.69, 9.17) is 0 Å². The molecule has 0 aromatic carbocycles. The predicted octanol–water partition coefficient (Wildman–Crippen LogP) is 1.38. The van der Waals surface area contributed by atoms with E-state index in [0.29, 0.717) is 19.3 Å². The molecule has 0 atom stereocenters. The summed E-state index contributed by atoms with van der Waals surface area (Å²) in [6.07, 6.45) is 2.75. The number of hydrazine groups is 1. The minimum Gasteiger partial charge on any atom is -0.273 e. The zero-order valence-corrected chi connectivity index (χ0v) is 10.7. The highest BCUT2D eigenvalue weighted by atomic mass is 16.2. The zero-order valence-electron chi connectivity index (χ0n) is 10.7. The number of carbonyl (C=O) groups is 3. The molecule has 0 unspecified atom stereocenters. The highest BCUT2D eigenvalue weighted by Gasteiger charge is 2.53. The van der Waals surface area contributed by atoms with Gasteiger partial charge in [-0.25, -0.2) is 0 Å². The average Bonchev–Trinajstić information content (AvgIpc) is 2.59. The number of unbranched alkanes of at least 4 members (excludes halogenated alkanes) is 1. The van der Waals surface area contributed by atoms with Crippen LogP contribution in [0.3, 0.4) is 0 Å². The number of amides is 3. The number of carbonyl (C=O) groups excluding carboxylic acids is 3. The lowest BCUT2D eigenvalue weighted by molar-refractivity contribution is -0.148. The summed E-state index contributed by atoms with van der Waals surface area (Å²) in [6.45, 7) is 5.56. The van der Waals surface area contributed by atoms with Crippen LogP contribution in [0.4, 0.5) is 0 Å². The van der Waals surface area contributed by atoms with Crippen molar-refractivity contribution in [3.8, 4) is 0 Å². The number of rotatable bonds is 5. The molecule has 96 valence electrons. The third-order valence-corrected chi connectivity index (χ3v) is 3.46. The van der Waals surface area contributed by atoms with E-state index in [9.17, 15) is 14.4 Å². The van der Waals surface area contributed by atoms with Crippen LogP contribution in [0.2, 0.25) is 0 Å². The monoisotopic (exact) mass is 240 g/mol. The van der Waals surface area contributed by atoms with Crippen molar-refractivity contribution in [2.45, 2.75) is 52.9 Å². The smallest absolute Gasteiger partial charge is 0.263 e. The molecule has 0 aromatic heterocycles. The second kappa shape index (κ2) is 5.29. The minimum atomic E-state index is -1.04. The van der Waals surface area contributed by atoms with Gasteiger partial charge in [0.05, 0.1) is 0 Å². The summed E-state index contributed by atoms with van der Waals surface area (Å²) in [5, 5.41) is 0.908. The van der Waals surface area contributed by atoms with Gasteiger partial charge in [0, 0.05) is 6.42 Å². The largest absolute Gasteiger partial charge is 0.273 e. The molecule has 0 aromatic rings. The Labute approximate surface area is 102 Å². The Balaban J connectivity index is 2.84. The van der Waals surface area contributed by atoms with Crippen LogP contribution in [-0.4, -0.2) is 22.7 Å². The van der Waals surface area contributed by atoms with Crippen LogP contribution >= 0.6 is 0 Å². The topological polar surface area (TPSA) is 66.5 Å². The lowest BCUT2D eigenvalue weighted by Gasteiger charge is -2.19. The van der Waals surface area contributed by atoms with Crippen LogP contribution in [0.25, 0.3) is 0 Å². The van der Waals surface area contributed by atoms with Crippen molar-refractivity contribution in [3.05, 3.63) is 0 Å². The Morgan fingerprint density at radius 1 is 1.24 bits per heavy atom. The molecule has 0 saturated carbocycles. The van der Waals surface area contributed by atoms with Gasteiger partial charge < -0.3 is 0 Å². The van der Waals surface area contributed by atoms with E-state index in [0.717, 1.165) is 17.9 Å². The molecule has 1 saturated heterocycles. The van der Waals surface area contributed by atoms with Crippen molar-refractivity contribution in [1.29, 1.82) is 0 Å². The van der Waals surface area contributed by atoms with E-state index in [1.165, 1.54) is 0 Å². The average molecular weight is 240 g/mol. The van der Waals surface area contributed by atoms with Gasteiger partial charge in [0.25, 0.3) is 11.8 Å². The highest BCUT2D eigenvalue weighted by Crippen LogP contribution is 2.33. The van der Waals surface area contributed by atoms with E-state index >= 15 is 0 Å². The number of nitrogens with one attached hydrogen (secondary N) is 1. The quantitative estimate of drug-likeness (QED) is 0.738. The molecule has 5 heteroatoms. The summed E-state index contributed by atoms with van der Waals surface area (Å²) >= 11 is 0.